The van der Waals surface area contributed by atoms with Crippen molar-refractivity contribution in [3.05, 3.63) is 38.0 Å². The van der Waals surface area contributed by atoms with E-state index in [2.05, 4.69) is 38.1 Å². The largest absolute Gasteiger partial charge is 0.296 e. The number of unbranched alkanes of at least 4 members (excludes halogenated alkanes) is 9. The highest BCUT2D eigenvalue weighted by molar-refractivity contribution is 4.88. The van der Waals surface area contributed by atoms with Crippen LogP contribution in [0.25, 0.3) is 0 Å². The molecule has 0 saturated carbocycles. The van der Waals surface area contributed by atoms with Gasteiger partial charge in [-0.25, -0.2) is 5.26 Å². The Morgan fingerprint density at radius 3 is 1.60 bits per heavy atom. The lowest BCUT2D eigenvalue weighted by Gasteiger charge is -2.29. The van der Waals surface area contributed by atoms with Crippen molar-refractivity contribution < 1.29 is 0 Å². The van der Waals surface area contributed by atoms with Crippen molar-refractivity contribution in [2.24, 2.45) is 0 Å². The van der Waals surface area contributed by atoms with Gasteiger partial charge in [0.05, 0.1) is 0 Å². The van der Waals surface area contributed by atoms with E-state index >= 15 is 0 Å². The van der Waals surface area contributed by atoms with Crippen LogP contribution >= 0.6 is 0 Å². The SMILES string of the molecule is C#N.C=CCC(CC=C)N(CC=C)CCCCCCCCCCCC. The zero-order chi connectivity index (χ0) is 19.2. The maximum Gasteiger partial charge on any atom is 0.0462 e. The highest BCUT2D eigenvalue weighted by Crippen LogP contribution is 2.14. The molecule has 0 bridgehead atoms. The molecule has 0 fully saturated rings. The van der Waals surface area contributed by atoms with Gasteiger partial charge in [0.1, 0.15) is 0 Å². The molecule has 0 amide bonds. The standard InChI is InChI=1S/C22H41N.CHN/c1-5-9-10-11-12-13-14-15-16-17-21-23(20-8-4)22(18-6-2)19-7-3;1-2/h6-8,22H,2-5,9-21H2,1H3;1H. The van der Waals surface area contributed by atoms with E-state index in [9.17, 15) is 0 Å². The van der Waals surface area contributed by atoms with Crippen LogP contribution in [0.15, 0.2) is 38.0 Å². The van der Waals surface area contributed by atoms with Gasteiger partial charge in [0.2, 0.25) is 0 Å². The molecule has 25 heavy (non-hydrogen) atoms. The first-order valence-corrected chi connectivity index (χ1v) is 10.1. The van der Waals surface area contributed by atoms with E-state index in [-0.39, 0.29) is 0 Å². The molecule has 0 N–H and O–H groups in total. The molecule has 0 atom stereocenters. The Bertz CT molecular complexity index is 309. The molecule has 0 aliphatic rings. The normalized spacial score (nSPS) is 10.3. The molecule has 0 aliphatic carbocycles. The lowest BCUT2D eigenvalue weighted by molar-refractivity contribution is 0.214. The third-order valence-corrected chi connectivity index (χ3v) is 4.56. The van der Waals surface area contributed by atoms with E-state index in [0.29, 0.717) is 6.04 Å². The Kier molecular flexibility index (Phi) is 23.5. The Morgan fingerprint density at radius 1 is 0.760 bits per heavy atom. The molecule has 0 radical (unpaired) electrons. The number of hydrogen-bond donors (Lipinski definition) is 0. The minimum atomic E-state index is 0.543. The van der Waals surface area contributed by atoms with Gasteiger partial charge in [0.25, 0.3) is 0 Å². The van der Waals surface area contributed by atoms with Crippen LogP contribution in [0.3, 0.4) is 0 Å². The van der Waals surface area contributed by atoms with E-state index in [0.717, 1.165) is 19.4 Å². The third kappa shape index (κ3) is 17.3. The maximum atomic E-state index is 6.50. The van der Waals surface area contributed by atoms with Crippen LogP contribution in [0.2, 0.25) is 0 Å². The summed E-state index contributed by atoms with van der Waals surface area (Å²) in [6, 6.07) is 0.543. The van der Waals surface area contributed by atoms with Gasteiger partial charge in [-0.2, -0.15) is 0 Å². The molecule has 0 aromatic heterocycles. The number of hydrogen-bond acceptors (Lipinski definition) is 2. The van der Waals surface area contributed by atoms with Crippen LogP contribution in [-0.4, -0.2) is 24.0 Å². The lowest BCUT2D eigenvalue weighted by Crippen LogP contribution is -2.35. The van der Waals surface area contributed by atoms with Crippen molar-refractivity contribution in [2.75, 3.05) is 13.1 Å². The quantitative estimate of drug-likeness (QED) is 0.196. The Labute approximate surface area is 158 Å². The molecule has 0 unspecified atom stereocenters. The lowest BCUT2D eigenvalue weighted by atomic mass is 10.1. The van der Waals surface area contributed by atoms with E-state index < -0.39 is 0 Å². The Morgan fingerprint density at radius 2 is 1.20 bits per heavy atom. The van der Waals surface area contributed by atoms with E-state index in [1.165, 1.54) is 70.8 Å². The average Bonchev–Trinajstić information content (AvgIpc) is 2.64. The fourth-order valence-corrected chi connectivity index (χ4v) is 3.17. The fraction of sp³-hybridized carbons (Fsp3) is 0.696. The molecular formula is C23H42N2. The van der Waals surface area contributed by atoms with E-state index in [1.807, 2.05) is 18.2 Å². The minimum absolute atomic E-state index is 0.543. The molecule has 0 heterocycles. The molecule has 0 rings (SSSR count). The maximum absolute atomic E-state index is 6.50. The van der Waals surface area contributed by atoms with Crippen LogP contribution in [0.1, 0.15) is 84.0 Å². The van der Waals surface area contributed by atoms with Gasteiger partial charge in [-0.1, -0.05) is 82.9 Å². The van der Waals surface area contributed by atoms with Crippen molar-refractivity contribution in [3.63, 3.8) is 0 Å². The predicted octanol–water partition coefficient (Wildman–Crippen LogP) is 7.06. The molecule has 0 saturated heterocycles. The highest BCUT2D eigenvalue weighted by Gasteiger charge is 2.14. The van der Waals surface area contributed by atoms with Crippen molar-refractivity contribution in [1.82, 2.24) is 4.90 Å². The molecule has 0 aliphatic heterocycles. The van der Waals surface area contributed by atoms with Crippen LogP contribution in [0, 0.1) is 11.8 Å². The summed E-state index contributed by atoms with van der Waals surface area (Å²) < 4.78 is 0. The average molecular weight is 347 g/mol. The molecule has 144 valence electrons. The Balaban J connectivity index is 0. The predicted molar refractivity (Wildman–Crippen MR) is 114 cm³/mol. The second-order valence-corrected chi connectivity index (χ2v) is 6.67. The summed E-state index contributed by atoms with van der Waals surface area (Å²) in [4.78, 5) is 2.54. The molecule has 2 nitrogen and oxygen atoms in total. The second kappa shape index (κ2) is 22.7. The monoisotopic (exact) mass is 346 g/mol. The van der Waals surface area contributed by atoms with Gasteiger partial charge in [-0.05, 0) is 25.8 Å². The molecule has 2 heteroatoms. The first-order valence-electron chi connectivity index (χ1n) is 10.1. The molecule has 0 aromatic rings. The van der Waals surface area contributed by atoms with Gasteiger partial charge in [-0.15, -0.1) is 19.7 Å². The molecule has 0 aromatic carbocycles. The zero-order valence-electron chi connectivity index (χ0n) is 16.8. The second-order valence-electron chi connectivity index (χ2n) is 6.67. The molecule has 0 spiro atoms. The highest BCUT2D eigenvalue weighted by atomic mass is 15.1. The summed E-state index contributed by atoms with van der Waals surface area (Å²) >= 11 is 0. The van der Waals surface area contributed by atoms with Gasteiger partial charge >= 0.3 is 0 Å². The summed E-state index contributed by atoms with van der Waals surface area (Å²) in [6.07, 6.45) is 22.1. The van der Waals surface area contributed by atoms with Crippen molar-refractivity contribution >= 4 is 0 Å². The Hall–Kier alpha value is -1.33. The van der Waals surface area contributed by atoms with Crippen molar-refractivity contribution in [2.45, 2.75) is 90.0 Å². The summed E-state index contributed by atoms with van der Waals surface area (Å²) in [5.74, 6) is 0. The van der Waals surface area contributed by atoms with Gasteiger partial charge < -0.3 is 0 Å². The molecular weight excluding hydrogens is 304 g/mol. The van der Waals surface area contributed by atoms with Gasteiger partial charge in [0, 0.05) is 19.2 Å². The number of nitriles is 1. The summed E-state index contributed by atoms with van der Waals surface area (Å²) in [6.45, 7) is 19.6. The van der Waals surface area contributed by atoms with Gasteiger partial charge in [-0.3, -0.25) is 4.90 Å². The summed E-state index contributed by atoms with van der Waals surface area (Å²) in [7, 11) is 0. The van der Waals surface area contributed by atoms with Crippen LogP contribution in [0.4, 0.5) is 0 Å². The topological polar surface area (TPSA) is 27.0 Å². The summed E-state index contributed by atoms with van der Waals surface area (Å²) in [5.41, 5.74) is 0. The van der Waals surface area contributed by atoms with Crippen molar-refractivity contribution in [1.29, 1.82) is 5.26 Å². The smallest absolute Gasteiger partial charge is 0.0462 e. The summed E-state index contributed by atoms with van der Waals surface area (Å²) in [5, 5.41) is 6.50. The first kappa shape index (κ1) is 25.9. The minimum Gasteiger partial charge on any atom is -0.296 e. The third-order valence-electron chi connectivity index (χ3n) is 4.56. The van der Waals surface area contributed by atoms with Crippen LogP contribution < -0.4 is 0 Å². The van der Waals surface area contributed by atoms with Crippen molar-refractivity contribution in [3.8, 4) is 6.57 Å². The van der Waals surface area contributed by atoms with Crippen LogP contribution in [0.5, 0.6) is 0 Å². The van der Waals surface area contributed by atoms with Crippen LogP contribution in [-0.2, 0) is 0 Å². The van der Waals surface area contributed by atoms with E-state index in [4.69, 9.17) is 5.26 Å². The van der Waals surface area contributed by atoms with E-state index in [1.54, 1.807) is 0 Å². The zero-order valence-corrected chi connectivity index (χ0v) is 16.8. The number of rotatable bonds is 18. The first-order chi connectivity index (χ1) is 12.3. The number of nitrogens with zero attached hydrogens (tertiary/aromatic N) is 2. The van der Waals surface area contributed by atoms with Gasteiger partial charge in [0.15, 0.2) is 0 Å². The fourth-order valence-electron chi connectivity index (χ4n) is 3.17.